The number of carboxylic acid groups (broad SMARTS) is 1. The number of carboxylic acids is 1. The van der Waals surface area contributed by atoms with Crippen LogP contribution in [-0.4, -0.2) is 28.6 Å². The van der Waals surface area contributed by atoms with Gasteiger partial charge in [0.15, 0.2) is 0 Å². The Hall–Kier alpha value is -2.65. The molecule has 1 aliphatic rings. The number of amides is 2. The molecule has 31 heavy (non-hydrogen) atoms. The first kappa shape index (κ1) is 23.0. The average molecular weight is 507 g/mol. The Kier molecular flexibility index (Phi) is 7.86. The maximum atomic E-state index is 13.8. The Morgan fingerprint density at radius 3 is 2.35 bits per heavy atom. The van der Waals surface area contributed by atoms with Crippen LogP contribution in [0.2, 0.25) is 0 Å². The third kappa shape index (κ3) is 6.41. The number of rotatable bonds is 7. The first-order chi connectivity index (χ1) is 14.8. The summed E-state index contributed by atoms with van der Waals surface area (Å²) in [4.78, 5) is 36.7. The van der Waals surface area contributed by atoms with Crippen molar-refractivity contribution in [3.05, 3.63) is 64.9 Å². The fourth-order valence-electron chi connectivity index (χ4n) is 3.17. The van der Waals surface area contributed by atoms with Crippen molar-refractivity contribution in [3.63, 3.8) is 0 Å². The Labute approximate surface area is 191 Å². The highest BCUT2D eigenvalue weighted by Crippen LogP contribution is 2.28. The minimum atomic E-state index is -0.974. The van der Waals surface area contributed by atoms with Crippen molar-refractivity contribution in [2.45, 2.75) is 17.7 Å². The van der Waals surface area contributed by atoms with Gasteiger partial charge in [-0.15, -0.1) is 11.8 Å². The Bertz CT molecular complexity index is 1010. The number of hydrogen-bond donors (Lipinski definition) is 3. The van der Waals surface area contributed by atoms with Crippen molar-refractivity contribution in [1.29, 1.82) is 0 Å². The molecule has 0 fully saturated rings. The number of anilines is 2. The van der Waals surface area contributed by atoms with E-state index in [2.05, 4.69) is 26.6 Å². The third-order valence-corrected chi connectivity index (χ3v) is 6.29. The molecule has 0 aliphatic heterocycles. The Balaban J connectivity index is 1.51. The molecule has 162 valence electrons. The molecule has 2 amide bonds. The van der Waals surface area contributed by atoms with Crippen LogP contribution in [0.1, 0.15) is 12.8 Å². The molecule has 0 saturated carbocycles. The van der Waals surface area contributed by atoms with Crippen LogP contribution in [0.3, 0.4) is 0 Å². The topological polar surface area (TPSA) is 95.5 Å². The van der Waals surface area contributed by atoms with E-state index in [1.807, 2.05) is 6.08 Å². The number of hydrogen-bond acceptors (Lipinski definition) is 4. The summed E-state index contributed by atoms with van der Waals surface area (Å²) in [6, 6.07) is 11.3. The number of carbonyl (C=O) groups excluding carboxylic acids is 2. The lowest BCUT2D eigenvalue weighted by Gasteiger charge is -2.24. The predicted molar refractivity (Wildman–Crippen MR) is 122 cm³/mol. The van der Waals surface area contributed by atoms with Crippen molar-refractivity contribution in [2.75, 3.05) is 16.4 Å². The molecule has 6 nitrogen and oxygen atoms in total. The molecule has 0 heterocycles. The molecule has 0 bridgehead atoms. The van der Waals surface area contributed by atoms with Gasteiger partial charge in [0, 0.05) is 15.1 Å². The quantitative estimate of drug-likeness (QED) is 0.365. The van der Waals surface area contributed by atoms with Crippen molar-refractivity contribution < 1.29 is 23.9 Å². The molecular formula is C22H20BrFN2O4S. The zero-order valence-electron chi connectivity index (χ0n) is 16.3. The van der Waals surface area contributed by atoms with Gasteiger partial charge >= 0.3 is 5.97 Å². The number of allylic oxidation sites excluding steroid dienone is 2. The number of halogens is 2. The zero-order chi connectivity index (χ0) is 22.4. The lowest BCUT2D eigenvalue weighted by Crippen LogP contribution is -2.34. The van der Waals surface area contributed by atoms with E-state index in [4.69, 9.17) is 0 Å². The number of benzene rings is 2. The molecule has 0 saturated heterocycles. The van der Waals surface area contributed by atoms with E-state index in [1.54, 1.807) is 36.4 Å². The third-order valence-electron chi connectivity index (χ3n) is 4.78. The van der Waals surface area contributed by atoms with E-state index >= 15 is 0 Å². The fraction of sp³-hybridized carbons (Fsp3) is 0.227. The highest BCUT2D eigenvalue weighted by Gasteiger charge is 2.33. The van der Waals surface area contributed by atoms with E-state index in [0.29, 0.717) is 23.0 Å². The van der Waals surface area contributed by atoms with Crippen LogP contribution in [0.4, 0.5) is 15.8 Å². The second-order valence-electron chi connectivity index (χ2n) is 6.97. The van der Waals surface area contributed by atoms with Crippen molar-refractivity contribution in [2.24, 2.45) is 11.8 Å². The summed E-state index contributed by atoms with van der Waals surface area (Å²) in [5.74, 6) is -3.41. The lowest BCUT2D eigenvalue weighted by atomic mass is 9.82. The molecular weight excluding hydrogens is 487 g/mol. The maximum absolute atomic E-state index is 13.8. The smallest absolute Gasteiger partial charge is 0.307 e. The van der Waals surface area contributed by atoms with Crippen LogP contribution in [0.15, 0.2) is 64.0 Å². The molecule has 2 aromatic carbocycles. The Morgan fingerprint density at radius 2 is 1.71 bits per heavy atom. The van der Waals surface area contributed by atoms with Gasteiger partial charge in [0.2, 0.25) is 11.8 Å². The second-order valence-corrected chi connectivity index (χ2v) is 8.93. The number of aliphatic carboxylic acids is 1. The summed E-state index contributed by atoms with van der Waals surface area (Å²) in [6.45, 7) is 0. The van der Waals surface area contributed by atoms with Crippen LogP contribution in [0, 0.1) is 17.7 Å². The van der Waals surface area contributed by atoms with Gasteiger partial charge in [-0.2, -0.15) is 0 Å². The van der Waals surface area contributed by atoms with Crippen LogP contribution in [0.25, 0.3) is 0 Å². The summed E-state index contributed by atoms with van der Waals surface area (Å²) in [7, 11) is 0. The monoisotopic (exact) mass is 506 g/mol. The van der Waals surface area contributed by atoms with Gasteiger partial charge in [0.1, 0.15) is 5.82 Å². The highest BCUT2D eigenvalue weighted by molar-refractivity contribution is 9.10. The SMILES string of the molecule is O=C(CSc1ccc(NC(=O)C2CC=CCC2C(=O)O)cc1)Nc1ccc(Br)cc1F. The van der Waals surface area contributed by atoms with E-state index in [9.17, 15) is 23.9 Å². The molecule has 0 spiro atoms. The van der Waals surface area contributed by atoms with Crippen LogP contribution in [-0.2, 0) is 14.4 Å². The summed E-state index contributed by atoms with van der Waals surface area (Å²) in [5.41, 5.74) is 0.665. The molecule has 2 unspecified atom stereocenters. The molecule has 3 N–H and O–H groups in total. The largest absolute Gasteiger partial charge is 0.481 e. The molecule has 9 heteroatoms. The lowest BCUT2D eigenvalue weighted by molar-refractivity contribution is -0.146. The molecule has 0 radical (unpaired) electrons. The van der Waals surface area contributed by atoms with Gasteiger partial charge in [0.25, 0.3) is 0 Å². The first-order valence-electron chi connectivity index (χ1n) is 9.50. The van der Waals surface area contributed by atoms with E-state index in [0.717, 1.165) is 4.90 Å². The summed E-state index contributed by atoms with van der Waals surface area (Å²) in [6.07, 6.45) is 4.35. The minimum Gasteiger partial charge on any atom is -0.481 e. The van der Waals surface area contributed by atoms with Gasteiger partial charge in [-0.05, 0) is 55.3 Å². The van der Waals surface area contributed by atoms with Crippen molar-refractivity contribution in [3.8, 4) is 0 Å². The van der Waals surface area contributed by atoms with Gasteiger partial charge in [-0.1, -0.05) is 28.1 Å². The van der Waals surface area contributed by atoms with E-state index < -0.39 is 23.6 Å². The fourth-order valence-corrected chi connectivity index (χ4v) is 4.20. The van der Waals surface area contributed by atoms with Gasteiger partial charge in [-0.25, -0.2) is 4.39 Å². The summed E-state index contributed by atoms with van der Waals surface area (Å²) in [5, 5.41) is 14.6. The second kappa shape index (κ2) is 10.6. The molecule has 1 aliphatic carbocycles. The molecule has 0 aromatic heterocycles. The van der Waals surface area contributed by atoms with Gasteiger partial charge in [0.05, 0.1) is 23.3 Å². The van der Waals surface area contributed by atoms with Crippen LogP contribution in [0.5, 0.6) is 0 Å². The van der Waals surface area contributed by atoms with Crippen molar-refractivity contribution in [1.82, 2.24) is 0 Å². The number of thioether (sulfide) groups is 1. The van der Waals surface area contributed by atoms with Gasteiger partial charge in [-0.3, -0.25) is 14.4 Å². The predicted octanol–water partition coefficient (Wildman–Crippen LogP) is 4.92. The highest BCUT2D eigenvalue weighted by atomic mass is 79.9. The first-order valence-corrected chi connectivity index (χ1v) is 11.3. The standard InChI is InChI=1S/C22H20BrFN2O4S/c23-13-5-10-19(18(24)11-13)26-20(27)12-31-15-8-6-14(7-9-15)25-21(28)16-3-1-2-4-17(16)22(29)30/h1-2,5-11,16-17H,3-4,12H2,(H,25,28)(H,26,27)(H,29,30). The minimum absolute atomic E-state index is 0.0932. The number of nitrogens with one attached hydrogen (secondary N) is 2. The van der Waals surface area contributed by atoms with Gasteiger partial charge < -0.3 is 15.7 Å². The zero-order valence-corrected chi connectivity index (χ0v) is 18.7. The Morgan fingerprint density at radius 1 is 1.03 bits per heavy atom. The maximum Gasteiger partial charge on any atom is 0.307 e. The number of carbonyl (C=O) groups is 3. The summed E-state index contributed by atoms with van der Waals surface area (Å²) >= 11 is 4.44. The summed E-state index contributed by atoms with van der Waals surface area (Å²) < 4.78 is 14.4. The van der Waals surface area contributed by atoms with E-state index in [-0.39, 0.29) is 23.3 Å². The normalized spacial score (nSPS) is 17.7. The van der Waals surface area contributed by atoms with Crippen LogP contribution < -0.4 is 10.6 Å². The average Bonchev–Trinajstić information content (AvgIpc) is 2.75. The molecule has 3 rings (SSSR count). The molecule has 2 aromatic rings. The van der Waals surface area contributed by atoms with E-state index in [1.165, 1.54) is 23.9 Å². The molecule has 2 atom stereocenters. The van der Waals surface area contributed by atoms with Crippen molar-refractivity contribution >= 4 is 56.9 Å². The van der Waals surface area contributed by atoms with Crippen LogP contribution >= 0.6 is 27.7 Å².